The van der Waals surface area contributed by atoms with Crippen LogP contribution in [0.3, 0.4) is 0 Å². The smallest absolute Gasteiger partial charge is 0.277 e. The van der Waals surface area contributed by atoms with E-state index in [4.69, 9.17) is 0 Å². The standard InChI is InChI=1S/C19H20N4O2/c1-14-5-4-6-15(13-14)9-11-20-18(24)10-12-23-19(25)16-7-2-3-8-17(16)21-22-23/h2-8,13H,9-12H2,1H3,(H,20,24). The van der Waals surface area contributed by atoms with Crippen LogP contribution in [-0.2, 0) is 17.8 Å². The molecule has 2 aromatic carbocycles. The van der Waals surface area contributed by atoms with Gasteiger partial charge in [0.2, 0.25) is 5.91 Å². The van der Waals surface area contributed by atoms with E-state index in [0.29, 0.717) is 17.4 Å². The van der Waals surface area contributed by atoms with Crippen molar-refractivity contribution in [2.75, 3.05) is 6.54 Å². The number of fused-ring (bicyclic) bond motifs is 1. The van der Waals surface area contributed by atoms with Gasteiger partial charge in [-0.2, -0.15) is 0 Å². The Kier molecular flexibility index (Phi) is 5.18. The van der Waals surface area contributed by atoms with Crippen molar-refractivity contribution < 1.29 is 4.79 Å². The number of rotatable bonds is 6. The SMILES string of the molecule is Cc1cccc(CCNC(=O)CCn2nnc3ccccc3c2=O)c1. The third kappa shape index (κ3) is 4.29. The lowest BCUT2D eigenvalue weighted by atomic mass is 10.1. The van der Waals surface area contributed by atoms with Crippen LogP contribution in [0.15, 0.2) is 53.3 Å². The topological polar surface area (TPSA) is 76.9 Å². The van der Waals surface area contributed by atoms with E-state index >= 15 is 0 Å². The lowest BCUT2D eigenvalue weighted by Gasteiger charge is -2.07. The average molecular weight is 336 g/mol. The predicted molar refractivity (Wildman–Crippen MR) is 96.3 cm³/mol. The van der Waals surface area contributed by atoms with E-state index in [-0.39, 0.29) is 24.4 Å². The predicted octanol–water partition coefficient (Wildman–Crippen LogP) is 1.85. The fourth-order valence-electron chi connectivity index (χ4n) is 2.68. The molecule has 0 saturated heterocycles. The highest BCUT2D eigenvalue weighted by atomic mass is 16.2. The average Bonchev–Trinajstić information content (AvgIpc) is 2.61. The molecular weight excluding hydrogens is 316 g/mol. The van der Waals surface area contributed by atoms with Gasteiger partial charge in [-0.3, -0.25) is 9.59 Å². The van der Waals surface area contributed by atoms with Crippen LogP contribution in [0.5, 0.6) is 0 Å². The molecule has 0 atom stereocenters. The summed E-state index contributed by atoms with van der Waals surface area (Å²) in [5, 5.41) is 11.3. The summed E-state index contributed by atoms with van der Waals surface area (Å²) in [6.07, 6.45) is 0.976. The van der Waals surface area contributed by atoms with E-state index in [1.807, 2.05) is 31.2 Å². The Balaban J connectivity index is 1.52. The lowest BCUT2D eigenvalue weighted by Crippen LogP contribution is -2.30. The summed E-state index contributed by atoms with van der Waals surface area (Å²) in [6.45, 7) is 2.83. The van der Waals surface area contributed by atoms with Crippen LogP contribution >= 0.6 is 0 Å². The van der Waals surface area contributed by atoms with Crippen molar-refractivity contribution in [3.63, 3.8) is 0 Å². The molecule has 0 radical (unpaired) electrons. The maximum Gasteiger partial charge on any atom is 0.277 e. The zero-order valence-electron chi connectivity index (χ0n) is 14.1. The van der Waals surface area contributed by atoms with Gasteiger partial charge in [-0.1, -0.05) is 47.2 Å². The van der Waals surface area contributed by atoms with Gasteiger partial charge in [0.25, 0.3) is 5.56 Å². The van der Waals surface area contributed by atoms with Crippen LogP contribution in [0.4, 0.5) is 0 Å². The second-order valence-corrected chi connectivity index (χ2v) is 5.97. The van der Waals surface area contributed by atoms with Gasteiger partial charge in [0.05, 0.1) is 11.9 Å². The number of benzene rings is 2. The first-order valence-electron chi connectivity index (χ1n) is 8.28. The molecule has 0 aliphatic rings. The molecule has 0 spiro atoms. The Hall–Kier alpha value is -3.02. The summed E-state index contributed by atoms with van der Waals surface area (Å²) in [4.78, 5) is 24.3. The van der Waals surface area contributed by atoms with Crippen LogP contribution in [0, 0.1) is 6.92 Å². The summed E-state index contributed by atoms with van der Waals surface area (Å²) >= 11 is 0. The number of amides is 1. The molecule has 1 N–H and O–H groups in total. The maximum atomic E-state index is 12.3. The molecule has 25 heavy (non-hydrogen) atoms. The Morgan fingerprint density at radius 1 is 1.16 bits per heavy atom. The number of aromatic nitrogens is 3. The number of aryl methyl sites for hydroxylation is 2. The molecule has 1 amide bonds. The first-order valence-corrected chi connectivity index (χ1v) is 8.28. The van der Waals surface area contributed by atoms with Crippen molar-refractivity contribution in [2.45, 2.75) is 26.3 Å². The van der Waals surface area contributed by atoms with Crippen LogP contribution < -0.4 is 10.9 Å². The van der Waals surface area contributed by atoms with E-state index in [0.717, 1.165) is 6.42 Å². The Morgan fingerprint density at radius 2 is 2.00 bits per heavy atom. The molecule has 1 aromatic heterocycles. The quantitative estimate of drug-likeness (QED) is 0.745. The highest BCUT2D eigenvalue weighted by Crippen LogP contribution is 2.04. The van der Waals surface area contributed by atoms with Gasteiger partial charge >= 0.3 is 0 Å². The van der Waals surface area contributed by atoms with Crippen LogP contribution in [0.2, 0.25) is 0 Å². The van der Waals surface area contributed by atoms with Gasteiger partial charge in [0.1, 0.15) is 5.52 Å². The number of nitrogens with zero attached hydrogens (tertiary/aromatic N) is 3. The van der Waals surface area contributed by atoms with Gasteiger partial charge in [-0.05, 0) is 31.0 Å². The molecule has 0 aliphatic carbocycles. The molecule has 1 heterocycles. The summed E-state index contributed by atoms with van der Waals surface area (Å²) in [5.74, 6) is -0.102. The molecule has 3 rings (SSSR count). The zero-order valence-corrected chi connectivity index (χ0v) is 14.1. The van der Waals surface area contributed by atoms with Gasteiger partial charge in [-0.15, -0.1) is 5.10 Å². The molecule has 6 heteroatoms. The largest absolute Gasteiger partial charge is 0.356 e. The van der Waals surface area contributed by atoms with Crippen molar-refractivity contribution in [1.82, 2.24) is 20.3 Å². The summed E-state index contributed by atoms with van der Waals surface area (Å²) < 4.78 is 1.24. The van der Waals surface area contributed by atoms with Crippen LogP contribution in [0.1, 0.15) is 17.5 Å². The Morgan fingerprint density at radius 3 is 2.84 bits per heavy atom. The molecule has 0 saturated carbocycles. The summed E-state index contributed by atoms with van der Waals surface area (Å²) in [5.41, 5.74) is 2.74. The normalized spacial score (nSPS) is 10.8. The fourth-order valence-corrected chi connectivity index (χ4v) is 2.68. The molecule has 128 valence electrons. The minimum atomic E-state index is -0.224. The molecular formula is C19H20N4O2. The first-order chi connectivity index (χ1) is 12.1. The number of nitrogens with one attached hydrogen (secondary N) is 1. The minimum Gasteiger partial charge on any atom is -0.356 e. The van der Waals surface area contributed by atoms with E-state index in [9.17, 15) is 9.59 Å². The summed E-state index contributed by atoms with van der Waals surface area (Å²) in [7, 11) is 0. The highest BCUT2D eigenvalue weighted by molar-refractivity contribution is 5.77. The Labute approximate surface area is 145 Å². The second-order valence-electron chi connectivity index (χ2n) is 5.97. The van der Waals surface area contributed by atoms with Crippen molar-refractivity contribution >= 4 is 16.8 Å². The van der Waals surface area contributed by atoms with Crippen molar-refractivity contribution in [1.29, 1.82) is 0 Å². The van der Waals surface area contributed by atoms with Crippen LogP contribution in [-0.4, -0.2) is 27.4 Å². The maximum absolute atomic E-state index is 12.3. The molecule has 0 fully saturated rings. The number of hydrogen-bond donors (Lipinski definition) is 1. The van der Waals surface area contributed by atoms with Crippen molar-refractivity contribution in [3.8, 4) is 0 Å². The lowest BCUT2D eigenvalue weighted by molar-refractivity contribution is -0.121. The first kappa shape index (κ1) is 16.8. The Bertz CT molecular complexity index is 949. The third-order valence-electron chi connectivity index (χ3n) is 4.00. The molecule has 0 bridgehead atoms. The summed E-state index contributed by atoms with van der Waals surface area (Å²) in [6, 6.07) is 15.3. The fraction of sp³-hybridized carbons (Fsp3) is 0.263. The van der Waals surface area contributed by atoms with Crippen molar-refractivity contribution in [3.05, 3.63) is 70.0 Å². The van der Waals surface area contributed by atoms with E-state index in [1.54, 1.807) is 18.2 Å². The van der Waals surface area contributed by atoms with E-state index < -0.39 is 0 Å². The van der Waals surface area contributed by atoms with Crippen molar-refractivity contribution in [2.24, 2.45) is 0 Å². The minimum absolute atomic E-state index is 0.102. The van der Waals surface area contributed by atoms with E-state index in [2.05, 4.69) is 21.7 Å². The molecule has 0 aliphatic heterocycles. The van der Waals surface area contributed by atoms with Crippen LogP contribution in [0.25, 0.3) is 10.9 Å². The molecule has 3 aromatic rings. The molecule has 0 unspecified atom stereocenters. The third-order valence-corrected chi connectivity index (χ3v) is 4.00. The molecule has 6 nitrogen and oxygen atoms in total. The van der Waals surface area contributed by atoms with Gasteiger partial charge in [0, 0.05) is 13.0 Å². The highest BCUT2D eigenvalue weighted by Gasteiger charge is 2.07. The van der Waals surface area contributed by atoms with Gasteiger partial charge in [0.15, 0.2) is 0 Å². The number of hydrogen-bond acceptors (Lipinski definition) is 4. The second kappa shape index (κ2) is 7.70. The van der Waals surface area contributed by atoms with Gasteiger partial charge < -0.3 is 5.32 Å². The van der Waals surface area contributed by atoms with E-state index in [1.165, 1.54) is 15.8 Å². The number of carbonyl (C=O) groups is 1. The monoisotopic (exact) mass is 336 g/mol. The number of carbonyl (C=O) groups excluding carboxylic acids is 1. The zero-order chi connectivity index (χ0) is 17.6. The van der Waals surface area contributed by atoms with Gasteiger partial charge in [-0.25, -0.2) is 4.68 Å².